The van der Waals surface area contributed by atoms with Gasteiger partial charge in [-0.1, -0.05) is 26.0 Å². The third kappa shape index (κ3) is 3.74. The summed E-state index contributed by atoms with van der Waals surface area (Å²) in [5.41, 5.74) is 12.8. The highest BCUT2D eigenvalue weighted by Gasteiger charge is 2.13. The van der Waals surface area contributed by atoms with Crippen molar-refractivity contribution in [1.29, 1.82) is 0 Å². The van der Waals surface area contributed by atoms with Gasteiger partial charge in [0.2, 0.25) is 0 Å². The number of rotatable bonds is 6. The van der Waals surface area contributed by atoms with Gasteiger partial charge in [0.15, 0.2) is 0 Å². The molecule has 0 spiro atoms. The van der Waals surface area contributed by atoms with Gasteiger partial charge in [0.1, 0.15) is 0 Å². The summed E-state index contributed by atoms with van der Waals surface area (Å²) in [5, 5.41) is 0. The minimum absolute atomic E-state index is 0.174. The first-order valence-electron chi connectivity index (χ1n) is 6.29. The number of hydrogen-bond acceptors (Lipinski definition) is 3. The van der Waals surface area contributed by atoms with Crippen molar-refractivity contribution in [3.8, 4) is 0 Å². The van der Waals surface area contributed by atoms with Crippen LogP contribution in [0.3, 0.4) is 0 Å². The first-order valence-corrected chi connectivity index (χ1v) is 6.29. The summed E-state index contributed by atoms with van der Waals surface area (Å²) in [6.07, 6.45) is 0.890. The van der Waals surface area contributed by atoms with Crippen LogP contribution in [0.2, 0.25) is 0 Å². The van der Waals surface area contributed by atoms with Crippen molar-refractivity contribution in [3.63, 3.8) is 0 Å². The van der Waals surface area contributed by atoms with E-state index in [4.69, 9.17) is 11.5 Å². The average molecular weight is 249 g/mol. The van der Waals surface area contributed by atoms with Crippen molar-refractivity contribution < 1.29 is 4.79 Å². The van der Waals surface area contributed by atoms with Crippen molar-refractivity contribution in [2.24, 2.45) is 17.4 Å². The molecule has 0 bridgehead atoms. The Bertz CT molecular complexity index is 404. The summed E-state index contributed by atoms with van der Waals surface area (Å²) < 4.78 is 0. The zero-order valence-electron chi connectivity index (χ0n) is 11.4. The Morgan fingerprint density at radius 2 is 1.94 bits per heavy atom. The van der Waals surface area contributed by atoms with Gasteiger partial charge in [0.25, 0.3) is 5.91 Å². The highest BCUT2D eigenvalue weighted by atomic mass is 16.1. The van der Waals surface area contributed by atoms with E-state index in [0.29, 0.717) is 11.5 Å². The Kier molecular flexibility index (Phi) is 5.16. The molecule has 0 saturated carbocycles. The summed E-state index contributed by atoms with van der Waals surface area (Å²) in [5.74, 6) is 0.0652. The van der Waals surface area contributed by atoms with E-state index < -0.39 is 5.91 Å². The first-order chi connectivity index (χ1) is 8.43. The van der Waals surface area contributed by atoms with E-state index in [1.165, 1.54) is 0 Å². The second-order valence-corrected chi connectivity index (χ2v) is 5.00. The van der Waals surface area contributed by atoms with Gasteiger partial charge in [-0.25, -0.2) is 0 Å². The molecular weight excluding hydrogens is 226 g/mol. The highest BCUT2D eigenvalue weighted by molar-refractivity contribution is 5.98. The molecule has 18 heavy (non-hydrogen) atoms. The Balaban J connectivity index is 2.72. The maximum atomic E-state index is 11.3. The molecule has 0 aliphatic carbocycles. The molecule has 1 atom stereocenters. The minimum atomic E-state index is -0.398. The predicted molar refractivity (Wildman–Crippen MR) is 75.7 cm³/mol. The fourth-order valence-corrected chi connectivity index (χ4v) is 1.81. The summed E-state index contributed by atoms with van der Waals surface area (Å²) in [7, 11) is 1.95. The standard InChI is InChI=1S/C14H23N3O/c1-10(2)12(15)8-9-17(3)13-7-5-4-6-11(13)14(16)18/h4-7,10,12H,8-9,15H2,1-3H3,(H2,16,18). The van der Waals surface area contributed by atoms with Crippen LogP contribution in [0.25, 0.3) is 0 Å². The lowest BCUT2D eigenvalue weighted by Crippen LogP contribution is -2.32. The second-order valence-electron chi connectivity index (χ2n) is 5.00. The number of hydrogen-bond donors (Lipinski definition) is 2. The molecule has 1 amide bonds. The lowest BCUT2D eigenvalue weighted by Gasteiger charge is -2.24. The molecule has 0 heterocycles. The number of carbonyl (C=O) groups excluding carboxylic acids is 1. The molecule has 0 radical (unpaired) electrons. The van der Waals surface area contributed by atoms with Crippen LogP contribution in [0.5, 0.6) is 0 Å². The Hall–Kier alpha value is -1.55. The maximum absolute atomic E-state index is 11.3. The van der Waals surface area contributed by atoms with E-state index in [1.807, 2.05) is 30.1 Å². The molecule has 4 nitrogen and oxygen atoms in total. The lowest BCUT2D eigenvalue weighted by atomic mass is 10.0. The Labute approximate surface area is 109 Å². The largest absolute Gasteiger partial charge is 0.374 e. The monoisotopic (exact) mass is 249 g/mol. The minimum Gasteiger partial charge on any atom is -0.374 e. The van der Waals surface area contributed by atoms with Crippen LogP contribution in [-0.2, 0) is 0 Å². The van der Waals surface area contributed by atoms with E-state index in [1.54, 1.807) is 6.07 Å². The van der Waals surface area contributed by atoms with Gasteiger partial charge in [-0.15, -0.1) is 0 Å². The maximum Gasteiger partial charge on any atom is 0.250 e. The average Bonchev–Trinajstić information content (AvgIpc) is 2.35. The fraction of sp³-hybridized carbons (Fsp3) is 0.500. The van der Waals surface area contributed by atoms with Gasteiger partial charge in [0, 0.05) is 25.3 Å². The van der Waals surface area contributed by atoms with Crippen molar-refractivity contribution in [2.75, 3.05) is 18.5 Å². The molecule has 100 valence electrons. The number of nitrogens with two attached hydrogens (primary N) is 2. The molecular formula is C14H23N3O. The SMILES string of the molecule is CC(C)C(N)CCN(C)c1ccccc1C(N)=O. The van der Waals surface area contributed by atoms with Crippen molar-refractivity contribution in [3.05, 3.63) is 29.8 Å². The number of primary amides is 1. The summed E-state index contributed by atoms with van der Waals surface area (Å²) in [6.45, 7) is 5.04. The highest BCUT2D eigenvalue weighted by Crippen LogP contribution is 2.19. The third-order valence-corrected chi connectivity index (χ3v) is 3.23. The predicted octanol–water partition coefficient (Wildman–Crippen LogP) is 1.60. The molecule has 1 aromatic carbocycles. The number of anilines is 1. The van der Waals surface area contributed by atoms with Crippen LogP contribution in [0.1, 0.15) is 30.6 Å². The molecule has 1 unspecified atom stereocenters. The van der Waals surface area contributed by atoms with Crippen molar-refractivity contribution in [1.82, 2.24) is 0 Å². The van der Waals surface area contributed by atoms with E-state index in [2.05, 4.69) is 13.8 Å². The molecule has 0 aliphatic rings. The zero-order chi connectivity index (χ0) is 13.7. The number of amides is 1. The van der Waals surface area contributed by atoms with Gasteiger partial charge < -0.3 is 16.4 Å². The Morgan fingerprint density at radius 1 is 1.33 bits per heavy atom. The topological polar surface area (TPSA) is 72.3 Å². The zero-order valence-corrected chi connectivity index (χ0v) is 11.4. The van der Waals surface area contributed by atoms with Gasteiger partial charge >= 0.3 is 0 Å². The molecule has 0 fully saturated rings. The van der Waals surface area contributed by atoms with E-state index in [9.17, 15) is 4.79 Å². The first kappa shape index (κ1) is 14.5. The number of para-hydroxylation sites is 1. The summed E-state index contributed by atoms with van der Waals surface area (Å²) in [4.78, 5) is 13.4. The van der Waals surface area contributed by atoms with Gasteiger partial charge in [-0.3, -0.25) is 4.79 Å². The van der Waals surface area contributed by atoms with Gasteiger partial charge in [0.05, 0.1) is 5.56 Å². The van der Waals surface area contributed by atoms with E-state index in [0.717, 1.165) is 18.7 Å². The van der Waals surface area contributed by atoms with Crippen LogP contribution in [0, 0.1) is 5.92 Å². The second kappa shape index (κ2) is 6.40. The Morgan fingerprint density at radius 3 is 2.50 bits per heavy atom. The van der Waals surface area contributed by atoms with E-state index >= 15 is 0 Å². The van der Waals surface area contributed by atoms with Crippen LogP contribution in [-0.4, -0.2) is 25.5 Å². The number of carbonyl (C=O) groups is 1. The third-order valence-electron chi connectivity index (χ3n) is 3.23. The molecule has 1 rings (SSSR count). The normalized spacial score (nSPS) is 12.5. The van der Waals surface area contributed by atoms with E-state index in [-0.39, 0.29) is 6.04 Å². The summed E-state index contributed by atoms with van der Waals surface area (Å²) >= 11 is 0. The van der Waals surface area contributed by atoms with Crippen LogP contribution < -0.4 is 16.4 Å². The lowest BCUT2D eigenvalue weighted by molar-refractivity contribution is 0.100. The van der Waals surface area contributed by atoms with Crippen molar-refractivity contribution in [2.45, 2.75) is 26.3 Å². The number of benzene rings is 1. The van der Waals surface area contributed by atoms with Crippen LogP contribution in [0.15, 0.2) is 24.3 Å². The molecule has 4 N–H and O–H groups in total. The molecule has 1 aromatic rings. The van der Waals surface area contributed by atoms with Gasteiger partial charge in [-0.2, -0.15) is 0 Å². The smallest absolute Gasteiger partial charge is 0.250 e. The molecule has 0 saturated heterocycles. The summed E-state index contributed by atoms with van der Waals surface area (Å²) in [6, 6.07) is 7.54. The quantitative estimate of drug-likeness (QED) is 0.804. The molecule has 0 aromatic heterocycles. The molecule has 4 heteroatoms. The van der Waals surface area contributed by atoms with Crippen molar-refractivity contribution >= 4 is 11.6 Å². The van der Waals surface area contributed by atoms with Crippen LogP contribution >= 0.6 is 0 Å². The fourth-order valence-electron chi connectivity index (χ4n) is 1.81. The molecule has 0 aliphatic heterocycles. The van der Waals surface area contributed by atoms with Crippen LogP contribution in [0.4, 0.5) is 5.69 Å². The number of nitrogens with zero attached hydrogens (tertiary/aromatic N) is 1. The van der Waals surface area contributed by atoms with Gasteiger partial charge in [-0.05, 0) is 24.5 Å².